The van der Waals surface area contributed by atoms with E-state index in [4.69, 9.17) is 16.3 Å². The van der Waals surface area contributed by atoms with Crippen LogP contribution >= 0.6 is 11.6 Å². The fourth-order valence-corrected chi connectivity index (χ4v) is 2.88. The molecule has 0 aliphatic heterocycles. The zero-order valence-electron chi connectivity index (χ0n) is 13.8. The first kappa shape index (κ1) is 18.9. The van der Waals surface area contributed by atoms with Crippen molar-refractivity contribution >= 4 is 35.1 Å². The number of ether oxygens (including phenoxy) is 1. The summed E-state index contributed by atoms with van der Waals surface area (Å²) in [5.74, 6) is -1.88. The first-order valence-electron chi connectivity index (χ1n) is 7.56. The number of anilines is 1. The van der Waals surface area contributed by atoms with Crippen molar-refractivity contribution in [3.63, 3.8) is 0 Å². The Labute approximate surface area is 149 Å². The average molecular weight is 369 g/mol. The normalized spacial score (nSPS) is 22.2. The minimum Gasteiger partial charge on any atom is -0.469 e. The molecule has 0 aromatic heterocycles. The van der Waals surface area contributed by atoms with Crippen LogP contribution in [0.4, 0.5) is 10.1 Å². The number of methoxy groups -OCH3 is 1. The van der Waals surface area contributed by atoms with E-state index < -0.39 is 23.0 Å². The quantitative estimate of drug-likeness (QED) is 0.617. The van der Waals surface area contributed by atoms with Crippen LogP contribution in [-0.2, 0) is 19.1 Å². The van der Waals surface area contributed by atoms with Crippen LogP contribution in [-0.4, -0.2) is 30.9 Å². The smallest absolute Gasteiger partial charge is 0.311 e. The summed E-state index contributed by atoms with van der Waals surface area (Å²) in [7, 11) is 1.33. The van der Waals surface area contributed by atoms with Crippen LogP contribution in [0.1, 0.15) is 19.8 Å². The van der Waals surface area contributed by atoms with Gasteiger partial charge >= 0.3 is 5.97 Å². The Kier molecular flexibility index (Phi) is 5.79. The van der Waals surface area contributed by atoms with Gasteiger partial charge in [-0.05, 0) is 38.0 Å². The number of amides is 2. The van der Waals surface area contributed by atoms with Gasteiger partial charge in [0.1, 0.15) is 5.82 Å². The molecule has 2 amide bonds. The van der Waals surface area contributed by atoms with Crippen LogP contribution in [0.15, 0.2) is 30.4 Å². The molecule has 1 aromatic rings. The summed E-state index contributed by atoms with van der Waals surface area (Å²) in [5.41, 5.74) is -0.260. The number of carbonyl (C=O) groups is 3. The lowest BCUT2D eigenvalue weighted by molar-refractivity contribution is -0.159. The molecule has 2 rings (SSSR count). The van der Waals surface area contributed by atoms with Gasteiger partial charge in [0.05, 0.1) is 17.5 Å². The second-order valence-electron chi connectivity index (χ2n) is 6.12. The fourth-order valence-electron chi connectivity index (χ4n) is 2.70. The van der Waals surface area contributed by atoms with Crippen molar-refractivity contribution in [3.8, 4) is 0 Å². The molecule has 1 aliphatic carbocycles. The largest absolute Gasteiger partial charge is 0.469 e. The topological polar surface area (TPSA) is 84.5 Å². The van der Waals surface area contributed by atoms with Crippen LogP contribution in [0.2, 0.25) is 5.02 Å². The predicted octanol–water partition coefficient (Wildman–Crippen LogP) is 2.43. The highest BCUT2D eigenvalue weighted by Gasteiger charge is 2.47. The molecule has 1 aliphatic rings. The Balaban J connectivity index is 1.79. The standard InChI is InChI=1S/C17H18ClFN2O4/c1-17(16(24)25-2)8-11(9-17)21-15(23)6-5-14(22)20-10-3-4-13(19)12(18)7-10/h3-7,11H,8-9H2,1-2H3,(H,20,22)(H,21,23)/b6-5+. The number of benzene rings is 1. The van der Waals surface area contributed by atoms with E-state index in [0.717, 1.165) is 18.2 Å². The number of esters is 1. The van der Waals surface area contributed by atoms with Crippen LogP contribution in [0.3, 0.4) is 0 Å². The fraction of sp³-hybridized carbons (Fsp3) is 0.353. The highest BCUT2D eigenvalue weighted by molar-refractivity contribution is 6.31. The van der Waals surface area contributed by atoms with Crippen molar-refractivity contribution in [2.24, 2.45) is 5.41 Å². The Morgan fingerprint density at radius 3 is 2.52 bits per heavy atom. The number of hydrogen-bond acceptors (Lipinski definition) is 4. The van der Waals surface area contributed by atoms with E-state index in [1.54, 1.807) is 6.92 Å². The molecule has 6 nitrogen and oxygen atoms in total. The minimum atomic E-state index is -0.589. The second kappa shape index (κ2) is 7.65. The van der Waals surface area contributed by atoms with Gasteiger partial charge in [-0.1, -0.05) is 11.6 Å². The van der Waals surface area contributed by atoms with Gasteiger partial charge in [-0.25, -0.2) is 4.39 Å². The van der Waals surface area contributed by atoms with Crippen LogP contribution in [0, 0.1) is 11.2 Å². The first-order valence-corrected chi connectivity index (χ1v) is 7.94. The maximum absolute atomic E-state index is 13.0. The van der Waals surface area contributed by atoms with E-state index in [-0.39, 0.29) is 17.0 Å². The van der Waals surface area contributed by atoms with Crippen molar-refractivity contribution in [2.45, 2.75) is 25.8 Å². The molecule has 0 saturated heterocycles. The minimum absolute atomic E-state index is 0.113. The molecular formula is C17H18ClFN2O4. The van der Waals surface area contributed by atoms with Gasteiger partial charge in [0, 0.05) is 23.9 Å². The molecule has 0 spiro atoms. The summed E-state index contributed by atoms with van der Waals surface area (Å²) in [4.78, 5) is 35.1. The van der Waals surface area contributed by atoms with Crippen molar-refractivity contribution in [1.82, 2.24) is 5.32 Å². The molecule has 1 fully saturated rings. The molecule has 0 heterocycles. The summed E-state index contributed by atoms with van der Waals surface area (Å²) in [5, 5.41) is 5.05. The third-order valence-corrected chi connectivity index (χ3v) is 4.28. The van der Waals surface area contributed by atoms with Gasteiger partial charge in [0.2, 0.25) is 11.8 Å². The molecule has 0 unspecified atom stereocenters. The Morgan fingerprint density at radius 2 is 1.92 bits per heavy atom. The molecule has 25 heavy (non-hydrogen) atoms. The van der Waals surface area contributed by atoms with E-state index in [2.05, 4.69) is 10.6 Å². The highest BCUT2D eigenvalue weighted by atomic mass is 35.5. The van der Waals surface area contributed by atoms with Gasteiger partial charge in [0.15, 0.2) is 0 Å². The summed E-state index contributed by atoms with van der Waals surface area (Å²) in [6, 6.07) is 3.61. The summed E-state index contributed by atoms with van der Waals surface area (Å²) >= 11 is 5.62. The van der Waals surface area contributed by atoms with Crippen molar-refractivity contribution in [3.05, 3.63) is 41.2 Å². The lowest BCUT2D eigenvalue weighted by atomic mass is 9.67. The number of carbonyl (C=O) groups excluding carboxylic acids is 3. The number of halogens is 2. The molecule has 0 bridgehead atoms. The Morgan fingerprint density at radius 1 is 1.28 bits per heavy atom. The summed E-state index contributed by atoms with van der Waals surface area (Å²) in [6.45, 7) is 1.78. The maximum atomic E-state index is 13.0. The van der Waals surface area contributed by atoms with E-state index >= 15 is 0 Å². The number of nitrogens with one attached hydrogen (secondary N) is 2. The van der Waals surface area contributed by atoms with Crippen molar-refractivity contribution in [2.75, 3.05) is 12.4 Å². The van der Waals surface area contributed by atoms with Gasteiger partial charge in [0.25, 0.3) is 0 Å². The first-order chi connectivity index (χ1) is 11.7. The van der Waals surface area contributed by atoms with Crippen LogP contribution < -0.4 is 10.6 Å². The lowest BCUT2D eigenvalue weighted by Gasteiger charge is -2.42. The van der Waals surface area contributed by atoms with E-state index in [9.17, 15) is 18.8 Å². The molecule has 2 N–H and O–H groups in total. The average Bonchev–Trinajstić information content (AvgIpc) is 2.54. The molecular weight excluding hydrogens is 351 g/mol. The van der Waals surface area contributed by atoms with E-state index in [1.165, 1.54) is 19.2 Å². The van der Waals surface area contributed by atoms with Crippen LogP contribution in [0.5, 0.6) is 0 Å². The molecule has 8 heteroatoms. The second-order valence-corrected chi connectivity index (χ2v) is 6.52. The van der Waals surface area contributed by atoms with Gasteiger partial charge in [-0.3, -0.25) is 14.4 Å². The number of hydrogen-bond donors (Lipinski definition) is 2. The SMILES string of the molecule is COC(=O)C1(C)CC(NC(=O)/C=C/C(=O)Nc2ccc(F)c(Cl)c2)C1. The zero-order chi connectivity index (χ0) is 18.6. The third kappa shape index (κ3) is 4.79. The molecule has 1 aromatic carbocycles. The van der Waals surface area contributed by atoms with Crippen molar-refractivity contribution in [1.29, 1.82) is 0 Å². The molecule has 1 saturated carbocycles. The molecule has 134 valence electrons. The van der Waals surface area contributed by atoms with Gasteiger partial charge in [-0.15, -0.1) is 0 Å². The third-order valence-electron chi connectivity index (χ3n) is 3.99. The van der Waals surface area contributed by atoms with Gasteiger partial charge < -0.3 is 15.4 Å². The lowest BCUT2D eigenvalue weighted by Crippen LogP contribution is -2.53. The van der Waals surface area contributed by atoms with Crippen LogP contribution in [0.25, 0.3) is 0 Å². The highest BCUT2D eigenvalue weighted by Crippen LogP contribution is 2.41. The van der Waals surface area contributed by atoms with E-state index in [0.29, 0.717) is 18.5 Å². The van der Waals surface area contributed by atoms with E-state index in [1.807, 2.05) is 0 Å². The Hall–Kier alpha value is -2.41. The van der Waals surface area contributed by atoms with Gasteiger partial charge in [-0.2, -0.15) is 0 Å². The maximum Gasteiger partial charge on any atom is 0.311 e. The summed E-state index contributed by atoms with van der Waals surface area (Å²) in [6.07, 6.45) is 3.12. The Bertz CT molecular complexity index is 729. The molecule has 0 radical (unpaired) electrons. The number of rotatable bonds is 5. The predicted molar refractivity (Wildman–Crippen MR) is 90.5 cm³/mol. The monoisotopic (exact) mass is 368 g/mol. The molecule has 0 atom stereocenters. The summed E-state index contributed by atoms with van der Waals surface area (Å²) < 4.78 is 17.7. The van der Waals surface area contributed by atoms with Crippen molar-refractivity contribution < 1.29 is 23.5 Å². The zero-order valence-corrected chi connectivity index (χ0v) is 14.5.